The molecule has 1 heterocycles. The van der Waals surface area contributed by atoms with Gasteiger partial charge in [0.25, 0.3) is 6.29 Å². The summed E-state index contributed by atoms with van der Waals surface area (Å²) < 4.78 is 10.4. The van der Waals surface area contributed by atoms with Crippen LogP contribution in [0, 0.1) is 0 Å². The quantitative estimate of drug-likeness (QED) is 0.608. The summed E-state index contributed by atoms with van der Waals surface area (Å²) in [7, 11) is 0. The summed E-state index contributed by atoms with van der Waals surface area (Å²) in [5, 5.41) is 0. The van der Waals surface area contributed by atoms with Gasteiger partial charge in [0, 0.05) is 11.1 Å². The van der Waals surface area contributed by atoms with Gasteiger partial charge in [-0.05, 0) is 18.9 Å². The highest BCUT2D eigenvalue weighted by molar-refractivity contribution is 5.94. The van der Waals surface area contributed by atoms with Gasteiger partial charge in [0.15, 0.2) is 0 Å². The topological polar surface area (TPSA) is 52.6 Å². The Balaban J connectivity index is 2.13. The van der Waals surface area contributed by atoms with Crippen LogP contribution in [0.25, 0.3) is 0 Å². The van der Waals surface area contributed by atoms with E-state index in [9.17, 15) is 9.59 Å². The van der Waals surface area contributed by atoms with E-state index in [1.807, 2.05) is 19.9 Å². The number of carbonyl (C=O) groups excluding carboxylic acids is 2. The maximum atomic E-state index is 12.1. The van der Waals surface area contributed by atoms with E-state index in [4.69, 9.17) is 9.47 Å². The number of benzene rings is 1. The summed E-state index contributed by atoms with van der Waals surface area (Å²) >= 11 is 0. The van der Waals surface area contributed by atoms with Crippen LogP contribution >= 0.6 is 0 Å². The fourth-order valence-corrected chi connectivity index (χ4v) is 2.18. The van der Waals surface area contributed by atoms with Gasteiger partial charge in [0.1, 0.15) is 0 Å². The minimum Gasteiger partial charge on any atom is -0.417 e. The fraction of sp³-hybridized carbons (Fsp3) is 0.375. The maximum absolute atomic E-state index is 12.1. The number of hydrogen-bond acceptors (Lipinski definition) is 4. The van der Waals surface area contributed by atoms with Crippen LogP contribution in [0.15, 0.2) is 35.9 Å². The second-order valence-corrected chi connectivity index (χ2v) is 4.62. The standard InChI is InChI=1S/C16H18O4/c1-3-7-11(8-4-2)14(17)19-16-13-10-6-5-9-12(13)15(18)20-16/h5-7,9-10,16H,3-4,8H2,1-2H3/b11-7+. The molecule has 4 heteroatoms. The summed E-state index contributed by atoms with van der Waals surface area (Å²) in [6.45, 7) is 3.97. The van der Waals surface area contributed by atoms with E-state index >= 15 is 0 Å². The molecular formula is C16H18O4. The Kier molecular flexibility index (Phi) is 4.56. The monoisotopic (exact) mass is 274 g/mol. The Hall–Kier alpha value is -2.10. The van der Waals surface area contributed by atoms with Crippen LogP contribution in [-0.2, 0) is 14.3 Å². The lowest BCUT2D eigenvalue weighted by molar-refractivity contribution is -0.163. The van der Waals surface area contributed by atoms with Crippen LogP contribution in [0.3, 0.4) is 0 Å². The van der Waals surface area contributed by atoms with Crippen molar-refractivity contribution < 1.29 is 19.1 Å². The van der Waals surface area contributed by atoms with Crippen LogP contribution in [0.4, 0.5) is 0 Å². The van der Waals surface area contributed by atoms with Gasteiger partial charge in [-0.25, -0.2) is 9.59 Å². The molecule has 1 atom stereocenters. The third-order valence-electron chi connectivity index (χ3n) is 3.09. The molecule has 0 N–H and O–H groups in total. The lowest BCUT2D eigenvalue weighted by Crippen LogP contribution is -2.13. The molecule has 106 valence electrons. The second kappa shape index (κ2) is 6.37. The van der Waals surface area contributed by atoms with E-state index in [-0.39, 0.29) is 0 Å². The molecule has 0 amide bonds. The molecule has 2 rings (SSSR count). The summed E-state index contributed by atoms with van der Waals surface area (Å²) in [5.41, 5.74) is 1.70. The molecule has 0 saturated carbocycles. The summed E-state index contributed by atoms with van der Waals surface area (Å²) in [6, 6.07) is 6.95. The van der Waals surface area contributed by atoms with Crippen molar-refractivity contribution in [1.82, 2.24) is 0 Å². The Morgan fingerprint density at radius 1 is 1.35 bits per heavy atom. The number of carbonyl (C=O) groups is 2. The van der Waals surface area contributed by atoms with Crippen molar-refractivity contribution in [2.75, 3.05) is 0 Å². The molecule has 0 radical (unpaired) electrons. The molecule has 1 aromatic rings. The van der Waals surface area contributed by atoms with E-state index in [0.29, 0.717) is 23.1 Å². The second-order valence-electron chi connectivity index (χ2n) is 4.62. The first kappa shape index (κ1) is 14.3. The first-order valence-corrected chi connectivity index (χ1v) is 6.87. The molecule has 4 nitrogen and oxygen atoms in total. The lowest BCUT2D eigenvalue weighted by Gasteiger charge is -2.13. The maximum Gasteiger partial charge on any atom is 0.342 e. The van der Waals surface area contributed by atoms with Crippen molar-refractivity contribution in [2.24, 2.45) is 0 Å². The number of cyclic esters (lactones) is 1. The number of esters is 2. The SMILES string of the molecule is CC/C=C(\CCC)C(=O)OC1OC(=O)c2ccccc21. The lowest BCUT2D eigenvalue weighted by atomic mass is 10.1. The van der Waals surface area contributed by atoms with Crippen LogP contribution < -0.4 is 0 Å². The minimum atomic E-state index is -0.927. The molecule has 1 aliphatic heterocycles. The zero-order valence-corrected chi connectivity index (χ0v) is 11.7. The molecular weight excluding hydrogens is 256 g/mol. The van der Waals surface area contributed by atoms with Gasteiger partial charge in [-0.15, -0.1) is 0 Å². The summed E-state index contributed by atoms with van der Waals surface area (Å²) in [4.78, 5) is 23.8. The van der Waals surface area contributed by atoms with E-state index in [1.54, 1.807) is 24.3 Å². The third kappa shape index (κ3) is 2.90. The van der Waals surface area contributed by atoms with E-state index in [0.717, 1.165) is 12.8 Å². The van der Waals surface area contributed by atoms with Crippen molar-refractivity contribution >= 4 is 11.9 Å². The van der Waals surface area contributed by atoms with Crippen molar-refractivity contribution in [2.45, 2.75) is 39.4 Å². The molecule has 0 aliphatic carbocycles. The number of rotatable bonds is 5. The Labute approximate surface area is 118 Å². The zero-order chi connectivity index (χ0) is 14.5. The van der Waals surface area contributed by atoms with Crippen molar-refractivity contribution in [3.8, 4) is 0 Å². The highest BCUT2D eigenvalue weighted by atomic mass is 16.7. The van der Waals surface area contributed by atoms with Gasteiger partial charge in [-0.3, -0.25) is 0 Å². The molecule has 1 unspecified atom stereocenters. The average molecular weight is 274 g/mol. The molecule has 0 aromatic heterocycles. The predicted molar refractivity (Wildman–Crippen MR) is 74.0 cm³/mol. The number of hydrogen-bond donors (Lipinski definition) is 0. The van der Waals surface area contributed by atoms with Gasteiger partial charge < -0.3 is 9.47 Å². The molecule has 20 heavy (non-hydrogen) atoms. The van der Waals surface area contributed by atoms with Gasteiger partial charge in [-0.2, -0.15) is 0 Å². The highest BCUT2D eigenvalue weighted by Gasteiger charge is 2.33. The fourth-order valence-electron chi connectivity index (χ4n) is 2.18. The summed E-state index contributed by atoms with van der Waals surface area (Å²) in [5.74, 6) is -0.863. The Morgan fingerprint density at radius 3 is 2.80 bits per heavy atom. The van der Waals surface area contributed by atoms with Gasteiger partial charge in [-0.1, -0.05) is 44.5 Å². The van der Waals surface area contributed by atoms with Crippen molar-refractivity contribution in [3.05, 3.63) is 47.0 Å². The molecule has 0 spiro atoms. The molecule has 0 saturated heterocycles. The Bertz CT molecular complexity index is 545. The molecule has 0 fully saturated rings. The molecule has 1 aromatic carbocycles. The third-order valence-corrected chi connectivity index (χ3v) is 3.09. The number of ether oxygens (including phenoxy) is 2. The van der Waals surface area contributed by atoms with Crippen LogP contribution in [0.2, 0.25) is 0 Å². The number of allylic oxidation sites excluding steroid dienone is 1. The summed E-state index contributed by atoms with van der Waals surface area (Å²) in [6.07, 6.45) is 3.22. The van der Waals surface area contributed by atoms with E-state index in [1.165, 1.54) is 0 Å². The Morgan fingerprint density at radius 2 is 2.10 bits per heavy atom. The first-order chi connectivity index (χ1) is 9.67. The minimum absolute atomic E-state index is 0.414. The van der Waals surface area contributed by atoms with E-state index in [2.05, 4.69) is 0 Å². The smallest absolute Gasteiger partial charge is 0.342 e. The zero-order valence-electron chi connectivity index (χ0n) is 11.7. The largest absolute Gasteiger partial charge is 0.417 e. The van der Waals surface area contributed by atoms with Crippen LogP contribution in [-0.4, -0.2) is 11.9 Å². The average Bonchev–Trinajstić information content (AvgIpc) is 2.76. The normalized spacial score (nSPS) is 17.6. The predicted octanol–water partition coefficient (Wildman–Crippen LogP) is 3.54. The van der Waals surface area contributed by atoms with E-state index < -0.39 is 18.2 Å². The highest BCUT2D eigenvalue weighted by Crippen LogP contribution is 2.32. The van der Waals surface area contributed by atoms with Gasteiger partial charge >= 0.3 is 11.9 Å². The van der Waals surface area contributed by atoms with Crippen LogP contribution in [0.1, 0.15) is 55.3 Å². The first-order valence-electron chi connectivity index (χ1n) is 6.87. The van der Waals surface area contributed by atoms with Crippen molar-refractivity contribution in [1.29, 1.82) is 0 Å². The number of fused-ring (bicyclic) bond motifs is 1. The van der Waals surface area contributed by atoms with Crippen molar-refractivity contribution in [3.63, 3.8) is 0 Å². The van der Waals surface area contributed by atoms with Gasteiger partial charge in [0.2, 0.25) is 0 Å². The van der Waals surface area contributed by atoms with Gasteiger partial charge in [0.05, 0.1) is 5.56 Å². The molecule has 0 bridgehead atoms. The molecule has 1 aliphatic rings. The van der Waals surface area contributed by atoms with Crippen LogP contribution in [0.5, 0.6) is 0 Å².